The minimum absolute atomic E-state index is 0.0262. The third kappa shape index (κ3) is 4.93. The fourth-order valence-corrected chi connectivity index (χ4v) is 4.73. The Kier molecular flexibility index (Phi) is 6.63. The van der Waals surface area contributed by atoms with E-state index in [1.807, 2.05) is 0 Å². The van der Waals surface area contributed by atoms with Crippen molar-refractivity contribution in [2.75, 3.05) is 13.1 Å². The highest BCUT2D eigenvalue weighted by molar-refractivity contribution is 7.89. The monoisotopic (exact) mass is 421 g/mol. The van der Waals surface area contributed by atoms with Crippen molar-refractivity contribution in [2.45, 2.75) is 17.7 Å². The number of benzene rings is 2. The minimum Gasteiger partial charge on any atom is -0.426 e. The van der Waals surface area contributed by atoms with Crippen molar-refractivity contribution in [3.05, 3.63) is 65.7 Å². The first-order valence-electron chi connectivity index (χ1n) is 9.33. The number of hydrogen-bond acceptors (Lipinski definition) is 6. The summed E-state index contributed by atoms with van der Waals surface area (Å²) in [5, 5.41) is 17.6. The lowest BCUT2D eigenvalue weighted by Gasteiger charge is -2.30. The highest BCUT2D eigenvalue weighted by atomic mass is 32.2. The Balaban J connectivity index is 1.67. The molecule has 2 aromatic rings. The van der Waals surface area contributed by atoms with Crippen LogP contribution in [0.5, 0.6) is 5.75 Å². The van der Waals surface area contributed by atoms with Crippen LogP contribution in [-0.4, -0.2) is 31.8 Å². The van der Waals surface area contributed by atoms with Crippen LogP contribution in [0.1, 0.15) is 18.4 Å². The smallest absolute Gasteiger partial charge is 0.315 e. The van der Waals surface area contributed by atoms with E-state index in [-0.39, 0.29) is 17.0 Å². The molecule has 0 aromatic heterocycles. The van der Waals surface area contributed by atoms with Crippen LogP contribution in [0.15, 0.2) is 65.1 Å². The van der Waals surface area contributed by atoms with E-state index in [0.29, 0.717) is 30.7 Å². The van der Waals surface area contributed by atoms with Gasteiger partial charge in [0, 0.05) is 13.1 Å². The molecule has 1 atom stereocenters. The summed E-state index contributed by atoms with van der Waals surface area (Å²) >= 11 is 0. The number of hydrogen-bond donors (Lipinski definition) is 0. The van der Waals surface area contributed by atoms with Gasteiger partial charge in [0.15, 0.2) is 0 Å². The molecule has 1 fully saturated rings. The predicted octanol–water partition coefficient (Wildman–Crippen LogP) is 3.12. The molecule has 7 nitrogen and oxygen atoms in total. The van der Waals surface area contributed by atoms with E-state index in [4.69, 9.17) is 15.3 Å². The van der Waals surface area contributed by atoms with Crippen molar-refractivity contribution >= 4 is 22.1 Å². The molecule has 152 valence electrons. The van der Waals surface area contributed by atoms with Crippen molar-refractivity contribution in [3.63, 3.8) is 0 Å². The normalized spacial score (nSPS) is 16.7. The summed E-state index contributed by atoms with van der Waals surface area (Å²) in [7, 11) is -3.66. The second kappa shape index (κ2) is 9.36. The molecule has 1 heterocycles. The average Bonchev–Trinajstić information content (AvgIpc) is 2.79. The number of sulfonamides is 1. The van der Waals surface area contributed by atoms with Crippen LogP contribution in [-0.2, 0) is 14.8 Å². The molecule has 3 rings (SSSR count). The Morgan fingerprint density at radius 3 is 2.37 bits per heavy atom. The molecule has 0 N–H and O–H groups in total. The Bertz CT molecular complexity index is 1110. The molecule has 8 heteroatoms. The maximum absolute atomic E-state index is 12.8. The molecule has 1 aliphatic rings. The Morgan fingerprint density at radius 1 is 1.07 bits per heavy atom. The van der Waals surface area contributed by atoms with E-state index < -0.39 is 21.9 Å². The van der Waals surface area contributed by atoms with Gasteiger partial charge in [0.25, 0.3) is 0 Å². The van der Waals surface area contributed by atoms with Gasteiger partial charge in [-0.25, -0.2) is 8.42 Å². The summed E-state index contributed by atoms with van der Waals surface area (Å²) in [5.41, 5.74) is 0.604. The molecule has 30 heavy (non-hydrogen) atoms. The number of carbonyl (C=O) groups is 1. The van der Waals surface area contributed by atoms with Crippen LogP contribution in [0.25, 0.3) is 6.08 Å². The Labute approximate surface area is 175 Å². The number of piperidine rings is 1. The number of ether oxygens (including phenoxy) is 1. The number of rotatable bonds is 5. The summed E-state index contributed by atoms with van der Waals surface area (Å²) < 4.78 is 32.4. The number of nitriles is 2. The summed E-state index contributed by atoms with van der Waals surface area (Å²) in [5.74, 6) is -0.725. The number of allylic oxidation sites excluding steroid dienone is 1. The van der Waals surface area contributed by atoms with Crippen LogP contribution in [0, 0.1) is 28.6 Å². The van der Waals surface area contributed by atoms with Gasteiger partial charge in [0.2, 0.25) is 10.0 Å². The van der Waals surface area contributed by atoms with Gasteiger partial charge in [-0.15, -0.1) is 0 Å². The summed E-state index contributed by atoms with van der Waals surface area (Å²) in [6, 6.07) is 18.1. The molecule has 0 saturated carbocycles. The molecular formula is C22H19N3O4S. The van der Waals surface area contributed by atoms with Crippen molar-refractivity contribution < 1.29 is 17.9 Å². The van der Waals surface area contributed by atoms with Crippen molar-refractivity contribution in [1.82, 2.24) is 4.31 Å². The van der Waals surface area contributed by atoms with Gasteiger partial charge in [-0.05, 0) is 48.7 Å². The van der Waals surface area contributed by atoms with Crippen LogP contribution < -0.4 is 4.74 Å². The molecule has 1 saturated heterocycles. The van der Waals surface area contributed by atoms with E-state index in [9.17, 15) is 13.2 Å². The third-order valence-corrected chi connectivity index (χ3v) is 6.63. The quantitative estimate of drug-likeness (QED) is 0.417. The first-order valence-corrected chi connectivity index (χ1v) is 10.8. The molecule has 0 bridgehead atoms. The van der Waals surface area contributed by atoms with Gasteiger partial charge in [-0.1, -0.05) is 30.3 Å². The van der Waals surface area contributed by atoms with Crippen LogP contribution in [0.4, 0.5) is 0 Å². The molecule has 0 aliphatic carbocycles. The second-order valence-corrected chi connectivity index (χ2v) is 8.72. The largest absolute Gasteiger partial charge is 0.426 e. The Morgan fingerprint density at radius 2 is 1.73 bits per heavy atom. The fraction of sp³-hybridized carbons (Fsp3) is 0.227. The lowest BCUT2D eigenvalue weighted by molar-refractivity contribution is -0.140. The topological polar surface area (TPSA) is 111 Å². The summed E-state index contributed by atoms with van der Waals surface area (Å²) in [6.07, 6.45) is 2.55. The van der Waals surface area contributed by atoms with E-state index in [1.165, 1.54) is 22.5 Å². The second-order valence-electron chi connectivity index (χ2n) is 6.79. The van der Waals surface area contributed by atoms with Crippen molar-refractivity contribution in [3.8, 4) is 17.9 Å². The zero-order valence-corrected chi connectivity index (χ0v) is 16.9. The maximum atomic E-state index is 12.8. The van der Waals surface area contributed by atoms with Crippen molar-refractivity contribution in [1.29, 1.82) is 10.5 Å². The highest BCUT2D eigenvalue weighted by Gasteiger charge is 2.34. The lowest BCUT2D eigenvalue weighted by atomic mass is 10.00. The third-order valence-electron chi connectivity index (χ3n) is 4.75. The SMILES string of the molecule is N#CC(C#N)=Cc1ccc(OC(=O)C2CCCN(S(=O)(=O)c3ccccc3)C2)cc1. The van der Waals surface area contributed by atoms with E-state index in [2.05, 4.69) is 0 Å². The summed E-state index contributed by atoms with van der Waals surface area (Å²) in [4.78, 5) is 12.8. The fourth-order valence-electron chi connectivity index (χ4n) is 3.18. The number of carbonyl (C=O) groups excluding carboxylic acids is 1. The van der Waals surface area contributed by atoms with Crippen LogP contribution in [0.3, 0.4) is 0 Å². The standard InChI is InChI=1S/C22H19N3O4S/c23-14-18(15-24)13-17-8-10-20(11-9-17)29-22(26)19-5-4-12-25(16-19)30(27,28)21-6-2-1-3-7-21/h1-3,6-11,13,19H,4-5,12,16H2. The molecule has 0 spiro atoms. The van der Waals surface area contributed by atoms with Gasteiger partial charge in [-0.2, -0.15) is 14.8 Å². The lowest BCUT2D eigenvalue weighted by Crippen LogP contribution is -2.43. The zero-order chi connectivity index (χ0) is 21.6. The minimum atomic E-state index is -3.66. The predicted molar refractivity (Wildman–Crippen MR) is 109 cm³/mol. The first-order chi connectivity index (χ1) is 14.4. The van der Waals surface area contributed by atoms with Gasteiger partial charge < -0.3 is 4.74 Å². The molecule has 1 aliphatic heterocycles. The molecular weight excluding hydrogens is 402 g/mol. The molecule has 2 aromatic carbocycles. The number of nitrogens with zero attached hydrogens (tertiary/aromatic N) is 3. The van der Waals surface area contributed by atoms with E-state index in [0.717, 1.165) is 0 Å². The Hall–Kier alpha value is -3.46. The van der Waals surface area contributed by atoms with Gasteiger partial charge >= 0.3 is 5.97 Å². The van der Waals surface area contributed by atoms with E-state index >= 15 is 0 Å². The van der Waals surface area contributed by atoms with Gasteiger partial charge in [-0.3, -0.25) is 4.79 Å². The highest BCUT2D eigenvalue weighted by Crippen LogP contribution is 2.25. The average molecular weight is 421 g/mol. The first kappa shape index (κ1) is 21.3. The van der Waals surface area contributed by atoms with Crippen molar-refractivity contribution in [2.24, 2.45) is 5.92 Å². The van der Waals surface area contributed by atoms with Crippen LogP contribution in [0.2, 0.25) is 0 Å². The zero-order valence-electron chi connectivity index (χ0n) is 16.1. The molecule has 1 unspecified atom stereocenters. The van der Waals surface area contributed by atoms with Crippen LogP contribution >= 0.6 is 0 Å². The van der Waals surface area contributed by atoms with Gasteiger partial charge in [0.05, 0.1) is 10.8 Å². The summed E-state index contributed by atoms with van der Waals surface area (Å²) in [6.45, 7) is 0.437. The maximum Gasteiger partial charge on any atom is 0.315 e. The van der Waals surface area contributed by atoms with Gasteiger partial charge in [0.1, 0.15) is 23.5 Å². The van der Waals surface area contributed by atoms with E-state index in [1.54, 1.807) is 54.6 Å². The molecule has 0 radical (unpaired) electrons. The number of esters is 1. The molecule has 0 amide bonds.